The Labute approximate surface area is 186 Å². The number of nitrogens with zero attached hydrogens (tertiary/aromatic N) is 1. The molecule has 29 heavy (non-hydrogen) atoms. The predicted octanol–water partition coefficient (Wildman–Crippen LogP) is 4.56. The van der Waals surface area contributed by atoms with Gasteiger partial charge in [0.05, 0.1) is 29.7 Å². The Balaban J connectivity index is 1.85. The molecule has 2 aromatic carbocycles. The maximum Gasteiger partial charge on any atom is 0.285 e. The fraction of sp³-hybridized carbons (Fsp3) is 0.105. The van der Waals surface area contributed by atoms with E-state index in [1.807, 2.05) is 0 Å². The first-order valence-electron chi connectivity index (χ1n) is 8.10. The predicted molar refractivity (Wildman–Crippen MR) is 118 cm³/mol. The van der Waals surface area contributed by atoms with Gasteiger partial charge in [-0.1, -0.05) is 35.0 Å². The van der Waals surface area contributed by atoms with E-state index in [9.17, 15) is 9.59 Å². The molecule has 6 nitrogen and oxygen atoms in total. The van der Waals surface area contributed by atoms with Gasteiger partial charge in [-0.15, -0.1) is 0 Å². The highest BCUT2D eigenvalue weighted by atomic mass is 35.5. The molecule has 0 aromatic heterocycles. The first kappa shape index (κ1) is 21.4. The van der Waals surface area contributed by atoms with E-state index >= 15 is 0 Å². The van der Waals surface area contributed by atoms with Crippen molar-refractivity contribution in [3.8, 4) is 11.5 Å². The first-order chi connectivity index (χ1) is 13.8. The van der Waals surface area contributed by atoms with Crippen LogP contribution in [0.3, 0.4) is 0 Å². The summed E-state index contributed by atoms with van der Waals surface area (Å²) in [7, 11) is 3.07. The molecule has 0 atom stereocenters. The van der Waals surface area contributed by atoms with Crippen molar-refractivity contribution in [1.82, 2.24) is 10.4 Å². The molecule has 0 aliphatic carbocycles. The molecule has 10 heteroatoms. The number of thioether (sulfide) groups is 1. The number of rotatable bonds is 5. The molecule has 0 bridgehead atoms. The molecule has 1 aliphatic rings. The van der Waals surface area contributed by atoms with E-state index in [4.69, 9.17) is 44.9 Å². The van der Waals surface area contributed by atoms with E-state index in [0.717, 1.165) is 16.8 Å². The van der Waals surface area contributed by atoms with Crippen LogP contribution in [-0.4, -0.2) is 35.4 Å². The number of halogens is 2. The molecule has 1 N–H and O–H groups in total. The molecule has 1 fully saturated rings. The van der Waals surface area contributed by atoms with Gasteiger partial charge in [-0.3, -0.25) is 15.0 Å². The SMILES string of the molecule is COc1ccc(OC)c(C=C2SC(=S)N(NC(=O)c3ccc(Cl)cc3Cl)C2=O)c1. The van der Waals surface area contributed by atoms with Crippen LogP contribution in [0.1, 0.15) is 15.9 Å². The van der Waals surface area contributed by atoms with Crippen LogP contribution in [0.5, 0.6) is 11.5 Å². The number of nitrogens with one attached hydrogen (secondary N) is 1. The maximum atomic E-state index is 12.8. The van der Waals surface area contributed by atoms with E-state index in [0.29, 0.717) is 27.0 Å². The summed E-state index contributed by atoms with van der Waals surface area (Å²) in [4.78, 5) is 25.6. The number of carbonyl (C=O) groups is 2. The summed E-state index contributed by atoms with van der Waals surface area (Å²) >= 11 is 18.2. The normalized spacial score (nSPS) is 15.0. The molecule has 150 valence electrons. The van der Waals surface area contributed by atoms with E-state index in [1.54, 1.807) is 31.4 Å². The minimum Gasteiger partial charge on any atom is -0.497 e. The number of hydrogen-bond donors (Lipinski definition) is 1. The lowest BCUT2D eigenvalue weighted by molar-refractivity contribution is -0.123. The second-order valence-corrected chi connectivity index (χ2v) is 8.21. The van der Waals surface area contributed by atoms with Crippen molar-refractivity contribution in [3.63, 3.8) is 0 Å². The third-order valence-corrected chi connectivity index (χ3v) is 5.76. The summed E-state index contributed by atoms with van der Waals surface area (Å²) in [5, 5.41) is 1.57. The van der Waals surface area contributed by atoms with Crippen LogP contribution in [0.15, 0.2) is 41.3 Å². The van der Waals surface area contributed by atoms with Crippen molar-refractivity contribution < 1.29 is 19.1 Å². The Morgan fingerprint density at radius 2 is 1.93 bits per heavy atom. The van der Waals surface area contributed by atoms with Gasteiger partial charge < -0.3 is 9.47 Å². The standard InChI is InChI=1S/C19H14Cl2N2O4S2/c1-26-12-4-6-15(27-2)10(7-12)8-16-18(25)23(19(28)29-16)22-17(24)13-5-3-11(20)9-14(13)21/h3-9H,1-2H3,(H,22,24). The third kappa shape index (κ3) is 4.67. The van der Waals surface area contributed by atoms with Crippen molar-refractivity contribution in [2.45, 2.75) is 0 Å². The summed E-state index contributed by atoms with van der Waals surface area (Å²) in [6, 6.07) is 9.65. The maximum absolute atomic E-state index is 12.8. The fourth-order valence-corrected chi connectivity index (χ4v) is 4.16. The third-order valence-electron chi connectivity index (χ3n) is 3.91. The van der Waals surface area contributed by atoms with E-state index < -0.39 is 11.8 Å². The zero-order valence-electron chi connectivity index (χ0n) is 15.2. The minimum absolute atomic E-state index is 0.164. The topological polar surface area (TPSA) is 67.9 Å². The molecule has 0 unspecified atom stereocenters. The first-order valence-corrected chi connectivity index (χ1v) is 10.1. The largest absolute Gasteiger partial charge is 0.497 e. The van der Waals surface area contributed by atoms with Gasteiger partial charge in [-0.2, -0.15) is 5.01 Å². The van der Waals surface area contributed by atoms with Gasteiger partial charge in [0, 0.05) is 10.6 Å². The second kappa shape index (κ2) is 9.04. The smallest absolute Gasteiger partial charge is 0.285 e. The van der Waals surface area contributed by atoms with Gasteiger partial charge in [0.25, 0.3) is 11.8 Å². The quantitative estimate of drug-likeness (QED) is 0.512. The van der Waals surface area contributed by atoms with E-state index in [-0.39, 0.29) is 14.9 Å². The number of thiocarbonyl (C=S) groups is 1. The van der Waals surface area contributed by atoms with Crippen LogP contribution < -0.4 is 14.9 Å². The number of carbonyl (C=O) groups excluding carboxylic acids is 2. The molecule has 0 saturated carbocycles. The van der Waals surface area contributed by atoms with Crippen molar-refractivity contribution in [2.24, 2.45) is 0 Å². The Morgan fingerprint density at radius 3 is 2.59 bits per heavy atom. The van der Waals surface area contributed by atoms with E-state index in [1.165, 1.54) is 25.3 Å². The van der Waals surface area contributed by atoms with Crippen molar-refractivity contribution in [1.29, 1.82) is 0 Å². The number of methoxy groups -OCH3 is 2. The van der Waals surface area contributed by atoms with Gasteiger partial charge in [0.1, 0.15) is 11.5 Å². The number of ether oxygens (including phenoxy) is 2. The molecule has 1 heterocycles. The zero-order chi connectivity index (χ0) is 21.1. The Bertz CT molecular complexity index is 1040. The van der Waals surface area contributed by atoms with Crippen molar-refractivity contribution in [3.05, 3.63) is 62.5 Å². The second-order valence-electron chi connectivity index (χ2n) is 5.69. The molecule has 0 spiro atoms. The highest BCUT2D eigenvalue weighted by Gasteiger charge is 2.34. The molecule has 2 amide bonds. The lowest BCUT2D eigenvalue weighted by Crippen LogP contribution is -2.44. The summed E-state index contributed by atoms with van der Waals surface area (Å²) in [5.41, 5.74) is 3.29. The number of hydrazine groups is 1. The molecule has 1 aliphatic heterocycles. The van der Waals surface area contributed by atoms with Gasteiger partial charge >= 0.3 is 0 Å². The average Bonchev–Trinajstić information content (AvgIpc) is 2.95. The Kier molecular flexibility index (Phi) is 6.69. The highest BCUT2D eigenvalue weighted by molar-refractivity contribution is 8.26. The van der Waals surface area contributed by atoms with Crippen LogP contribution >= 0.6 is 47.2 Å². The fourth-order valence-electron chi connectivity index (χ4n) is 2.49. The minimum atomic E-state index is -0.580. The Morgan fingerprint density at radius 1 is 1.17 bits per heavy atom. The van der Waals surface area contributed by atoms with Crippen LogP contribution in [-0.2, 0) is 4.79 Å². The molecule has 0 radical (unpaired) electrons. The van der Waals surface area contributed by atoms with Gasteiger partial charge in [0.2, 0.25) is 0 Å². The Hall–Kier alpha value is -2.26. The molecule has 3 rings (SSSR count). The highest BCUT2D eigenvalue weighted by Crippen LogP contribution is 2.34. The van der Waals surface area contributed by atoms with Gasteiger partial charge in [-0.05, 0) is 54.7 Å². The van der Waals surface area contributed by atoms with Crippen LogP contribution in [0.4, 0.5) is 0 Å². The summed E-state index contributed by atoms with van der Waals surface area (Å²) in [5.74, 6) is 0.123. The zero-order valence-corrected chi connectivity index (χ0v) is 18.3. The van der Waals surface area contributed by atoms with Crippen molar-refractivity contribution >= 4 is 69.4 Å². The number of hydrogen-bond acceptors (Lipinski definition) is 6. The van der Waals surface area contributed by atoms with E-state index in [2.05, 4.69) is 5.43 Å². The summed E-state index contributed by atoms with van der Waals surface area (Å²) in [6.45, 7) is 0. The molecular weight excluding hydrogens is 455 g/mol. The monoisotopic (exact) mass is 468 g/mol. The average molecular weight is 469 g/mol. The van der Waals surface area contributed by atoms with Crippen LogP contribution in [0, 0.1) is 0 Å². The molecule has 2 aromatic rings. The van der Waals surface area contributed by atoms with Crippen LogP contribution in [0.25, 0.3) is 6.08 Å². The summed E-state index contributed by atoms with van der Waals surface area (Å²) < 4.78 is 10.7. The summed E-state index contributed by atoms with van der Waals surface area (Å²) in [6.07, 6.45) is 1.63. The number of benzene rings is 2. The van der Waals surface area contributed by atoms with Crippen molar-refractivity contribution in [2.75, 3.05) is 14.2 Å². The molecule has 1 saturated heterocycles. The van der Waals surface area contributed by atoms with Gasteiger partial charge in [0.15, 0.2) is 4.32 Å². The lowest BCUT2D eigenvalue weighted by Gasteiger charge is -2.16. The number of amides is 2. The van der Waals surface area contributed by atoms with Gasteiger partial charge in [-0.25, -0.2) is 0 Å². The van der Waals surface area contributed by atoms with Crippen LogP contribution in [0.2, 0.25) is 10.0 Å². The lowest BCUT2D eigenvalue weighted by atomic mass is 10.1. The molecular formula is C19H14Cl2N2O4S2.